The number of phenolic OH excluding ortho intramolecular Hbond substituents is 1. The molecule has 13 heteroatoms. The summed E-state index contributed by atoms with van der Waals surface area (Å²) in [5.41, 5.74) is -0.804. The van der Waals surface area contributed by atoms with E-state index in [0.717, 1.165) is 35.0 Å². The number of alkyl halides is 3. The van der Waals surface area contributed by atoms with Gasteiger partial charge in [-0.3, -0.25) is 4.55 Å². The first-order chi connectivity index (χ1) is 15.9. The number of aromatic nitrogens is 2. The Labute approximate surface area is 190 Å². The van der Waals surface area contributed by atoms with E-state index in [1.807, 2.05) is 0 Å². The van der Waals surface area contributed by atoms with Crippen molar-refractivity contribution in [1.82, 2.24) is 9.78 Å². The quantitative estimate of drug-likeness (QED) is 0.257. The molecule has 0 unspecified atom stereocenters. The van der Waals surface area contributed by atoms with Gasteiger partial charge in [-0.05, 0) is 31.2 Å². The number of rotatable bonds is 4. The molecule has 0 aliphatic carbocycles. The number of nitrogens with zero attached hydrogens (tertiary/aromatic N) is 4. The van der Waals surface area contributed by atoms with Gasteiger partial charge in [0.05, 0.1) is 16.9 Å². The van der Waals surface area contributed by atoms with Gasteiger partial charge in [0.15, 0.2) is 5.69 Å². The van der Waals surface area contributed by atoms with Gasteiger partial charge in [-0.1, -0.05) is 24.3 Å². The minimum atomic E-state index is -4.64. The van der Waals surface area contributed by atoms with Crippen molar-refractivity contribution in [3.63, 3.8) is 0 Å². The largest absolute Gasteiger partial charge is 0.506 e. The molecular weight excluding hydrogens is 477 g/mol. The summed E-state index contributed by atoms with van der Waals surface area (Å²) >= 11 is 0. The average molecular weight is 492 g/mol. The summed E-state index contributed by atoms with van der Waals surface area (Å²) in [6.45, 7) is 1.48. The fourth-order valence-corrected chi connectivity index (χ4v) is 4.04. The predicted molar refractivity (Wildman–Crippen MR) is 115 cm³/mol. The van der Waals surface area contributed by atoms with Gasteiger partial charge in [0.25, 0.3) is 10.1 Å². The van der Waals surface area contributed by atoms with E-state index in [1.54, 1.807) is 6.07 Å². The monoisotopic (exact) mass is 492 g/mol. The van der Waals surface area contributed by atoms with E-state index in [9.17, 15) is 36.4 Å². The molecule has 1 heterocycles. The van der Waals surface area contributed by atoms with Crippen LogP contribution in [0.2, 0.25) is 0 Å². The first-order valence-electron chi connectivity index (χ1n) is 9.48. The van der Waals surface area contributed by atoms with E-state index in [2.05, 4.69) is 15.3 Å². The topological polar surface area (TPSA) is 137 Å². The van der Waals surface area contributed by atoms with Crippen molar-refractivity contribution in [2.45, 2.75) is 18.0 Å². The third-order valence-corrected chi connectivity index (χ3v) is 5.82. The molecule has 4 rings (SSSR count). The van der Waals surface area contributed by atoms with Crippen LogP contribution in [0.1, 0.15) is 11.3 Å². The second-order valence-corrected chi connectivity index (χ2v) is 8.57. The van der Waals surface area contributed by atoms with Crippen LogP contribution in [0.25, 0.3) is 16.5 Å². The summed E-state index contributed by atoms with van der Waals surface area (Å²) in [5, 5.41) is 33.1. The highest BCUT2D eigenvalue weighted by molar-refractivity contribution is 7.86. The zero-order chi connectivity index (χ0) is 24.8. The molecule has 1 aromatic heterocycles. The van der Waals surface area contributed by atoms with Crippen LogP contribution >= 0.6 is 0 Å². The number of aromatic hydroxyl groups is 2. The Balaban J connectivity index is 1.78. The highest BCUT2D eigenvalue weighted by atomic mass is 32.2. The van der Waals surface area contributed by atoms with E-state index in [-0.39, 0.29) is 33.5 Å². The lowest BCUT2D eigenvalue weighted by Gasteiger charge is -2.08. The van der Waals surface area contributed by atoms with Gasteiger partial charge >= 0.3 is 6.18 Å². The van der Waals surface area contributed by atoms with Crippen LogP contribution in [0.4, 0.5) is 24.5 Å². The molecular formula is C21H15F3N4O5S. The SMILES string of the molecule is Cc1nn(-c2ccc(C(F)(F)F)cc2)c(O)c1N=Nc1c(O)cc(S(=O)(=O)O)c2ccccc12. The molecule has 0 amide bonds. The standard InChI is InChI=1S/C21H15F3N4O5S/c1-11-18(20(30)28(27-11)13-8-6-12(7-9-13)21(22,23)24)25-26-19-15-5-3-2-4-14(15)17(10-16(19)29)34(31,32)33/h2-10,29-30H,1H3,(H,31,32,33). The Morgan fingerprint density at radius 3 is 2.12 bits per heavy atom. The van der Waals surface area contributed by atoms with E-state index in [4.69, 9.17) is 0 Å². The van der Waals surface area contributed by atoms with Crippen molar-refractivity contribution in [1.29, 1.82) is 0 Å². The predicted octanol–water partition coefficient (Wildman–Crippen LogP) is 5.43. The maximum Gasteiger partial charge on any atom is 0.416 e. The van der Waals surface area contributed by atoms with Crippen molar-refractivity contribution >= 4 is 32.3 Å². The van der Waals surface area contributed by atoms with Gasteiger partial charge in [-0.25, -0.2) is 0 Å². The Morgan fingerprint density at radius 1 is 0.941 bits per heavy atom. The molecule has 9 nitrogen and oxygen atoms in total. The van der Waals surface area contributed by atoms with Crippen LogP contribution in [-0.4, -0.2) is 33.0 Å². The van der Waals surface area contributed by atoms with Crippen molar-refractivity contribution in [2.24, 2.45) is 10.2 Å². The van der Waals surface area contributed by atoms with Crippen LogP contribution in [-0.2, 0) is 16.3 Å². The lowest BCUT2D eigenvalue weighted by Crippen LogP contribution is -2.05. The molecule has 0 bridgehead atoms. The molecule has 3 aromatic carbocycles. The zero-order valence-electron chi connectivity index (χ0n) is 17.2. The number of halogens is 3. The lowest BCUT2D eigenvalue weighted by molar-refractivity contribution is -0.137. The van der Waals surface area contributed by atoms with Gasteiger partial charge in [-0.2, -0.15) is 31.4 Å². The maximum absolute atomic E-state index is 12.8. The lowest BCUT2D eigenvalue weighted by atomic mass is 10.1. The normalized spacial score (nSPS) is 12.6. The fraction of sp³-hybridized carbons (Fsp3) is 0.0952. The molecule has 34 heavy (non-hydrogen) atoms. The summed E-state index contributed by atoms with van der Waals surface area (Å²) in [4.78, 5) is -0.520. The van der Waals surface area contributed by atoms with Crippen LogP contribution in [0, 0.1) is 6.92 Å². The van der Waals surface area contributed by atoms with E-state index < -0.39 is 38.4 Å². The Kier molecular flexibility index (Phi) is 5.53. The van der Waals surface area contributed by atoms with Crippen molar-refractivity contribution in [3.8, 4) is 17.3 Å². The van der Waals surface area contributed by atoms with Crippen LogP contribution in [0.5, 0.6) is 11.6 Å². The molecule has 0 radical (unpaired) electrons. The first-order valence-corrected chi connectivity index (χ1v) is 10.9. The molecule has 0 saturated carbocycles. The smallest absolute Gasteiger partial charge is 0.416 e. The fourth-order valence-electron chi connectivity index (χ4n) is 3.33. The molecule has 4 aromatic rings. The number of fused-ring (bicyclic) bond motifs is 1. The Bertz CT molecular complexity index is 1550. The molecule has 0 saturated heterocycles. The van der Waals surface area contributed by atoms with Gasteiger partial charge in [0.2, 0.25) is 5.88 Å². The second-order valence-electron chi connectivity index (χ2n) is 7.18. The minimum Gasteiger partial charge on any atom is -0.506 e. The minimum absolute atomic E-state index is 0.0816. The van der Waals surface area contributed by atoms with Crippen LogP contribution < -0.4 is 0 Å². The Morgan fingerprint density at radius 2 is 1.53 bits per heavy atom. The average Bonchev–Trinajstić information content (AvgIpc) is 3.05. The second kappa shape index (κ2) is 8.11. The highest BCUT2D eigenvalue weighted by Crippen LogP contribution is 2.41. The number of benzene rings is 3. The molecule has 0 aliphatic heterocycles. The highest BCUT2D eigenvalue weighted by Gasteiger charge is 2.30. The van der Waals surface area contributed by atoms with Gasteiger partial charge in [0, 0.05) is 16.8 Å². The number of azo groups is 1. The number of phenols is 1. The third-order valence-electron chi connectivity index (χ3n) is 4.93. The number of hydrogen-bond acceptors (Lipinski definition) is 7. The van der Waals surface area contributed by atoms with Crippen molar-refractivity contribution in [2.75, 3.05) is 0 Å². The van der Waals surface area contributed by atoms with Gasteiger partial charge in [-0.15, -0.1) is 10.2 Å². The van der Waals surface area contributed by atoms with Gasteiger partial charge < -0.3 is 10.2 Å². The molecule has 0 fully saturated rings. The Hall–Kier alpha value is -3.97. The number of hydrogen-bond donors (Lipinski definition) is 3. The van der Waals surface area contributed by atoms with E-state index in [1.165, 1.54) is 25.1 Å². The molecule has 3 N–H and O–H groups in total. The van der Waals surface area contributed by atoms with Crippen molar-refractivity contribution < 1.29 is 36.4 Å². The number of aryl methyl sites for hydroxylation is 1. The zero-order valence-corrected chi connectivity index (χ0v) is 18.0. The molecule has 0 spiro atoms. The molecule has 0 atom stereocenters. The summed E-state index contributed by atoms with van der Waals surface area (Å²) in [7, 11) is -4.64. The van der Waals surface area contributed by atoms with E-state index in [0.29, 0.717) is 0 Å². The molecule has 0 aliphatic rings. The first kappa shape index (κ1) is 23.2. The van der Waals surface area contributed by atoms with Crippen LogP contribution in [0.15, 0.2) is 69.7 Å². The summed E-state index contributed by atoms with van der Waals surface area (Å²) in [5.74, 6) is -1.11. The summed E-state index contributed by atoms with van der Waals surface area (Å²) in [6.07, 6.45) is -4.52. The maximum atomic E-state index is 12.8. The third kappa shape index (κ3) is 4.18. The van der Waals surface area contributed by atoms with Gasteiger partial charge in [0.1, 0.15) is 16.3 Å². The van der Waals surface area contributed by atoms with Crippen LogP contribution in [0.3, 0.4) is 0 Å². The summed E-state index contributed by atoms with van der Waals surface area (Å²) in [6, 6.07) is 10.7. The summed E-state index contributed by atoms with van der Waals surface area (Å²) < 4.78 is 72.2. The van der Waals surface area contributed by atoms with E-state index >= 15 is 0 Å². The molecule has 176 valence electrons. The van der Waals surface area contributed by atoms with Crippen molar-refractivity contribution in [3.05, 3.63) is 65.9 Å².